The molecule has 0 unspecified atom stereocenters. The van der Waals surface area contributed by atoms with Crippen LogP contribution in [0.3, 0.4) is 0 Å². The SMILES string of the molecule is CN(CCCCC(=O)O)c1ccc(O)cc1. The van der Waals surface area contributed by atoms with E-state index in [1.54, 1.807) is 12.1 Å². The number of aromatic hydroxyl groups is 1. The topological polar surface area (TPSA) is 60.8 Å². The average Bonchev–Trinajstić information content (AvgIpc) is 2.25. The molecule has 0 amide bonds. The second-order valence-electron chi connectivity index (χ2n) is 3.79. The molecule has 0 heterocycles. The fourth-order valence-electron chi connectivity index (χ4n) is 1.46. The molecule has 88 valence electrons. The molecule has 1 aromatic carbocycles. The molecule has 0 saturated carbocycles. The number of benzene rings is 1. The molecule has 0 spiro atoms. The van der Waals surface area contributed by atoms with Gasteiger partial charge in [0.05, 0.1) is 0 Å². The number of phenolic OH excluding ortho intramolecular Hbond substituents is 1. The molecule has 1 rings (SSSR count). The van der Waals surface area contributed by atoms with E-state index in [9.17, 15) is 4.79 Å². The monoisotopic (exact) mass is 223 g/mol. The standard InChI is InChI=1S/C12H17NO3/c1-13(9-3-2-4-12(15)16)10-5-7-11(14)8-6-10/h5-8,14H,2-4,9H2,1H3,(H,15,16). The van der Waals surface area contributed by atoms with Crippen LogP contribution in [0.4, 0.5) is 5.69 Å². The Labute approximate surface area is 95.1 Å². The van der Waals surface area contributed by atoms with Crippen molar-refractivity contribution in [2.75, 3.05) is 18.5 Å². The first-order chi connectivity index (χ1) is 7.59. The Balaban J connectivity index is 2.32. The molecular formula is C12H17NO3. The molecule has 4 heteroatoms. The third kappa shape index (κ3) is 4.21. The first-order valence-corrected chi connectivity index (χ1v) is 5.31. The van der Waals surface area contributed by atoms with Crippen LogP contribution in [0.15, 0.2) is 24.3 Å². The van der Waals surface area contributed by atoms with E-state index in [-0.39, 0.29) is 12.2 Å². The summed E-state index contributed by atoms with van der Waals surface area (Å²) in [5, 5.41) is 17.6. The second-order valence-corrected chi connectivity index (χ2v) is 3.79. The number of anilines is 1. The summed E-state index contributed by atoms with van der Waals surface area (Å²) in [5.74, 6) is -0.490. The van der Waals surface area contributed by atoms with Crippen LogP contribution in [0.2, 0.25) is 0 Å². The van der Waals surface area contributed by atoms with Crippen molar-refractivity contribution in [3.05, 3.63) is 24.3 Å². The van der Waals surface area contributed by atoms with E-state index in [1.165, 1.54) is 0 Å². The predicted octanol–water partition coefficient (Wildman–Crippen LogP) is 2.08. The van der Waals surface area contributed by atoms with Gasteiger partial charge in [0.15, 0.2) is 0 Å². The van der Waals surface area contributed by atoms with E-state index in [2.05, 4.69) is 0 Å². The smallest absolute Gasteiger partial charge is 0.303 e. The summed E-state index contributed by atoms with van der Waals surface area (Å²) in [4.78, 5) is 12.4. The summed E-state index contributed by atoms with van der Waals surface area (Å²) in [7, 11) is 1.95. The van der Waals surface area contributed by atoms with Gasteiger partial charge in [-0.05, 0) is 37.1 Å². The molecule has 1 aromatic rings. The van der Waals surface area contributed by atoms with E-state index in [1.807, 2.05) is 24.1 Å². The molecule has 2 N–H and O–H groups in total. The summed E-state index contributed by atoms with van der Waals surface area (Å²) in [6.07, 6.45) is 1.77. The molecular weight excluding hydrogens is 206 g/mol. The lowest BCUT2D eigenvalue weighted by Crippen LogP contribution is -2.18. The summed E-state index contributed by atoms with van der Waals surface area (Å²) >= 11 is 0. The molecule has 0 aliphatic heterocycles. The zero-order valence-corrected chi connectivity index (χ0v) is 9.39. The number of aliphatic carboxylic acids is 1. The number of carboxylic acid groups (broad SMARTS) is 1. The minimum atomic E-state index is -0.743. The highest BCUT2D eigenvalue weighted by atomic mass is 16.4. The molecule has 0 fully saturated rings. The second kappa shape index (κ2) is 6.00. The van der Waals surface area contributed by atoms with Crippen molar-refractivity contribution in [2.45, 2.75) is 19.3 Å². The highest BCUT2D eigenvalue weighted by molar-refractivity contribution is 5.66. The van der Waals surface area contributed by atoms with Crippen molar-refractivity contribution in [1.82, 2.24) is 0 Å². The highest BCUT2D eigenvalue weighted by Crippen LogP contribution is 2.17. The summed E-state index contributed by atoms with van der Waals surface area (Å²) in [5.41, 5.74) is 1.02. The van der Waals surface area contributed by atoms with E-state index >= 15 is 0 Å². The zero-order chi connectivity index (χ0) is 12.0. The zero-order valence-electron chi connectivity index (χ0n) is 9.39. The Morgan fingerprint density at radius 1 is 1.25 bits per heavy atom. The van der Waals surface area contributed by atoms with Gasteiger partial charge in [0, 0.05) is 25.7 Å². The van der Waals surface area contributed by atoms with Gasteiger partial charge in [-0.25, -0.2) is 0 Å². The number of phenols is 1. The van der Waals surface area contributed by atoms with Crippen LogP contribution in [0.1, 0.15) is 19.3 Å². The van der Waals surface area contributed by atoms with Crippen molar-refractivity contribution in [1.29, 1.82) is 0 Å². The van der Waals surface area contributed by atoms with Crippen molar-refractivity contribution in [2.24, 2.45) is 0 Å². The van der Waals surface area contributed by atoms with Gasteiger partial charge in [-0.1, -0.05) is 0 Å². The first-order valence-electron chi connectivity index (χ1n) is 5.31. The molecule has 4 nitrogen and oxygen atoms in total. The van der Waals surface area contributed by atoms with Gasteiger partial charge in [-0.3, -0.25) is 4.79 Å². The van der Waals surface area contributed by atoms with Gasteiger partial charge in [0.25, 0.3) is 0 Å². The largest absolute Gasteiger partial charge is 0.508 e. The third-order valence-corrected chi connectivity index (χ3v) is 2.42. The molecule has 0 saturated heterocycles. The Kier molecular flexibility index (Phi) is 4.64. The number of carboxylic acids is 1. The minimum absolute atomic E-state index is 0.226. The number of hydrogen-bond acceptors (Lipinski definition) is 3. The molecule has 0 bridgehead atoms. The first kappa shape index (κ1) is 12.4. The van der Waals surface area contributed by atoms with Crippen molar-refractivity contribution in [3.63, 3.8) is 0 Å². The normalized spacial score (nSPS) is 10.1. The average molecular weight is 223 g/mol. The Hall–Kier alpha value is -1.71. The Morgan fingerprint density at radius 2 is 1.88 bits per heavy atom. The fourth-order valence-corrected chi connectivity index (χ4v) is 1.46. The number of carbonyl (C=O) groups is 1. The Morgan fingerprint density at radius 3 is 2.44 bits per heavy atom. The highest BCUT2D eigenvalue weighted by Gasteiger charge is 2.01. The van der Waals surface area contributed by atoms with Gasteiger partial charge in [0.2, 0.25) is 0 Å². The van der Waals surface area contributed by atoms with Crippen LogP contribution in [-0.2, 0) is 4.79 Å². The minimum Gasteiger partial charge on any atom is -0.508 e. The summed E-state index contributed by atoms with van der Waals surface area (Å²) in [6, 6.07) is 6.96. The number of rotatable bonds is 6. The van der Waals surface area contributed by atoms with Crippen LogP contribution < -0.4 is 4.90 Å². The lowest BCUT2D eigenvalue weighted by molar-refractivity contribution is -0.137. The fraction of sp³-hybridized carbons (Fsp3) is 0.417. The number of nitrogens with zero attached hydrogens (tertiary/aromatic N) is 1. The van der Waals surface area contributed by atoms with Crippen LogP contribution >= 0.6 is 0 Å². The van der Waals surface area contributed by atoms with Gasteiger partial charge in [-0.15, -0.1) is 0 Å². The van der Waals surface area contributed by atoms with Gasteiger partial charge in [0.1, 0.15) is 5.75 Å². The van der Waals surface area contributed by atoms with Crippen LogP contribution in [0.25, 0.3) is 0 Å². The van der Waals surface area contributed by atoms with E-state index in [4.69, 9.17) is 10.2 Å². The van der Waals surface area contributed by atoms with Crippen LogP contribution in [-0.4, -0.2) is 29.8 Å². The maximum atomic E-state index is 10.3. The maximum absolute atomic E-state index is 10.3. The number of unbranched alkanes of at least 4 members (excludes halogenated alkanes) is 1. The molecule has 0 aromatic heterocycles. The molecule has 16 heavy (non-hydrogen) atoms. The van der Waals surface area contributed by atoms with E-state index in [0.717, 1.165) is 18.7 Å². The maximum Gasteiger partial charge on any atom is 0.303 e. The predicted molar refractivity (Wildman–Crippen MR) is 62.9 cm³/mol. The lowest BCUT2D eigenvalue weighted by atomic mass is 10.2. The van der Waals surface area contributed by atoms with E-state index < -0.39 is 5.97 Å². The van der Waals surface area contributed by atoms with Gasteiger partial charge in [-0.2, -0.15) is 0 Å². The van der Waals surface area contributed by atoms with Crippen LogP contribution in [0, 0.1) is 0 Å². The van der Waals surface area contributed by atoms with Crippen molar-refractivity contribution in [3.8, 4) is 5.75 Å². The molecule has 0 atom stereocenters. The third-order valence-electron chi connectivity index (χ3n) is 2.42. The number of hydrogen-bond donors (Lipinski definition) is 2. The van der Waals surface area contributed by atoms with Gasteiger partial charge >= 0.3 is 5.97 Å². The van der Waals surface area contributed by atoms with Gasteiger partial charge < -0.3 is 15.1 Å². The molecule has 0 aliphatic rings. The summed E-state index contributed by atoms with van der Waals surface area (Å²) in [6.45, 7) is 0.818. The lowest BCUT2D eigenvalue weighted by Gasteiger charge is -2.18. The Bertz CT molecular complexity index is 335. The quantitative estimate of drug-likeness (QED) is 0.725. The molecule has 0 aliphatic carbocycles. The van der Waals surface area contributed by atoms with Crippen molar-refractivity contribution >= 4 is 11.7 Å². The summed E-state index contributed by atoms with van der Waals surface area (Å²) < 4.78 is 0. The van der Waals surface area contributed by atoms with Crippen molar-refractivity contribution < 1.29 is 15.0 Å². The molecule has 0 radical (unpaired) electrons. The van der Waals surface area contributed by atoms with E-state index in [0.29, 0.717) is 6.42 Å². The van der Waals surface area contributed by atoms with Crippen LogP contribution in [0.5, 0.6) is 5.75 Å².